The van der Waals surface area contributed by atoms with Crippen LogP contribution in [0.1, 0.15) is 39.0 Å². The highest BCUT2D eigenvalue weighted by Crippen LogP contribution is 2.24. The number of aromatic nitrogens is 1. The van der Waals surface area contributed by atoms with E-state index in [0.717, 1.165) is 17.1 Å². The molecule has 0 saturated carbocycles. The van der Waals surface area contributed by atoms with E-state index in [1.807, 2.05) is 7.05 Å². The van der Waals surface area contributed by atoms with Crippen LogP contribution in [0.4, 0.5) is 0 Å². The minimum absolute atomic E-state index is 0.296. The monoisotopic (exact) mass is 274 g/mol. The molecule has 2 nitrogen and oxygen atoms in total. The van der Waals surface area contributed by atoms with E-state index < -0.39 is 0 Å². The second-order valence-corrected chi connectivity index (χ2v) is 6.28. The molecule has 1 atom stereocenters. The number of thiazole rings is 1. The lowest BCUT2D eigenvalue weighted by Crippen LogP contribution is -2.20. The van der Waals surface area contributed by atoms with Crippen molar-refractivity contribution in [1.29, 1.82) is 0 Å². The third kappa shape index (κ3) is 3.23. The van der Waals surface area contributed by atoms with Gasteiger partial charge in [-0.1, -0.05) is 17.7 Å². The van der Waals surface area contributed by atoms with Crippen molar-refractivity contribution in [3.8, 4) is 0 Å². The van der Waals surface area contributed by atoms with Crippen LogP contribution in [0.2, 0.25) is 0 Å². The molecule has 1 heterocycles. The van der Waals surface area contributed by atoms with Gasteiger partial charge >= 0.3 is 0 Å². The number of hydrogen-bond acceptors (Lipinski definition) is 3. The van der Waals surface area contributed by atoms with Gasteiger partial charge in [0.15, 0.2) is 0 Å². The van der Waals surface area contributed by atoms with Gasteiger partial charge in [-0.15, -0.1) is 11.3 Å². The summed E-state index contributed by atoms with van der Waals surface area (Å²) in [7, 11) is 2.01. The zero-order chi connectivity index (χ0) is 14.0. The quantitative estimate of drug-likeness (QED) is 0.915. The Labute approximate surface area is 119 Å². The minimum Gasteiger partial charge on any atom is -0.311 e. The van der Waals surface area contributed by atoms with Gasteiger partial charge in [0.05, 0.1) is 16.7 Å². The number of aryl methyl sites for hydroxylation is 4. The predicted octanol–water partition coefficient (Wildman–Crippen LogP) is 3.88. The fourth-order valence-corrected chi connectivity index (χ4v) is 3.30. The maximum Gasteiger partial charge on any atom is 0.0898 e. The van der Waals surface area contributed by atoms with E-state index in [-0.39, 0.29) is 0 Å². The molecule has 19 heavy (non-hydrogen) atoms. The normalized spacial score (nSPS) is 12.7. The summed E-state index contributed by atoms with van der Waals surface area (Å²) in [6.45, 7) is 8.62. The second-order valence-electron chi connectivity index (χ2n) is 5.21. The molecule has 0 aliphatic rings. The van der Waals surface area contributed by atoms with Crippen molar-refractivity contribution in [3.05, 3.63) is 50.5 Å². The Balaban J connectivity index is 2.28. The molecule has 1 aromatic heterocycles. The largest absolute Gasteiger partial charge is 0.311 e. The Bertz CT molecular complexity index is 549. The maximum absolute atomic E-state index is 4.61. The zero-order valence-electron chi connectivity index (χ0n) is 12.4. The van der Waals surface area contributed by atoms with E-state index in [1.165, 1.54) is 22.3 Å². The molecular formula is C16H22N2S. The van der Waals surface area contributed by atoms with Crippen molar-refractivity contribution in [1.82, 2.24) is 10.3 Å². The third-order valence-electron chi connectivity index (χ3n) is 3.59. The van der Waals surface area contributed by atoms with Gasteiger partial charge < -0.3 is 5.32 Å². The number of benzene rings is 1. The van der Waals surface area contributed by atoms with Crippen LogP contribution in [-0.4, -0.2) is 12.0 Å². The highest BCUT2D eigenvalue weighted by Gasteiger charge is 2.15. The van der Waals surface area contributed by atoms with E-state index in [1.54, 1.807) is 11.3 Å². The van der Waals surface area contributed by atoms with Crippen LogP contribution in [0.3, 0.4) is 0 Å². The van der Waals surface area contributed by atoms with E-state index in [9.17, 15) is 0 Å². The van der Waals surface area contributed by atoms with Crippen LogP contribution in [-0.2, 0) is 6.42 Å². The SMILES string of the molecule is CNC(Cc1c(C)cc(C)cc1C)c1csc(C)n1. The molecule has 3 heteroatoms. The average Bonchev–Trinajstić information content (AvgIpc) is 2.75. The first-order valence-corrected chi connectivity index (χ1v) is 7.55. The summed E-state index contributed by atoms with van der Waals surface area (Å²) in [5, 5.41) is 6.69. The molecule has 2 rings (SSSR count). The van der Waals surface area contributed by atoms with Gasteiger partial charge in [0, 0.05) is 5.38 Å². The predicted molar refractivity (Wildman–Crippen MR) is 83.0 cm³/mol. The van der Waals surface area contributed by atoms with Gasteiger partial charge in [-0.25, -0.2) is 4.98 Å². The number of nitrogens with zero attached hydrogens (tertiary/aromatic N) is 1. The van der Waals surface area contributed by atoms with Gasteiger partial charge in [0.1, 0.15) is 0 Å². The number of hydrogen-bond donors (Lipinski definition) is 1. The van der Waals surface area contributed by atoms with Gasteiger partial charge in [-0.3, -0.25) is 0 Å². The Hall–Kier alpha value is -1.19. The molecule has 1 aromatic carbocycles. The first-order valence-electron chi connectivity index (χ1n) is 6.67. The van der Waals surface area contributed by atoms with E-state index in [0.29, 0.717) is 6.04 Å². The second kappa shape index (κ2) is 5.85. The van der Waals surface area contributed by atoms with Gasteiger partial charge in [0.25, 0.3) is 0 Å². The van der Waals surface area contributed by atoms with Gasteiger partial charge in [0.2, 0.25) is 0 Å². The fourth-order valence-electron chi connectivity index (χ4n) is 2.63. The first-order chi connectivity index (χ1) is 9.01. The lowest BCUT2D eigenvalue weighted by atomic mass is 9.93. The Kier molecular flexibility index (Phi) is 4.38. The maximum atomic E-state index is 4.61. The molecule has 2 aromatic rings. The standard InChI is InChI=1S/C16H22N2S/c1-10-6-11(2)14(12(3)7-10)8-15(17-5)16-9-19-13(4)18-16/h6-7,9,15,17H,8H2,1-5H3. The molecule has 1 N–H and O–H groups in total. The Morgan fingerprint density at radius 1 is 1.16 bits per heavy atom. The summed E-state index contributed by atoms with van der Waals surface area (Å²) in [5.74, 6) is 0. The molecule has 0 bridgehead atoms. The first kappa shape index (κ1) is 14.2. The summed E-state index contributed by atoms with van der Waals surface area (Å²) in [6.07, 6.45) is 0.998. The van der Waals surface area contributed by atoms with Crippen molar-refractivity contribution in [2.45, 2.75) is 40.2 Å². The lowest BCUT2D eigenvalue weighted by molar-refractivity contribution is 0.575. The molecule has 0 fully saturated rings. The van der Waals surface area contributed by atoms with Crippen LogP contribution in [0, 0.1) is 27.7 Å². The van der Waals surface area contributed by atoms with Crippen molar-refractivity contribution in [2.75, 3.05) is 7.05 Å². The topological polar surface area (TPSA) is 24.9 Å². The summed E-state index contributed by atoms with van der Waals surface area (Å²) in [4.78, 5) is 4.61. The average molecular weight is 274 g/mol. The number of nitrogens with one attached hydrogen (secondary N) is 1. The molecule has 0 spiro atoms. The van der Waals surface area contributed by atoms with Crippen molar-refractivity contribution in [2.24, 2.45) is 0 Å². The van der Waals surface area contributed by atoms with Crippen LogP contribution in [0.5, 0.6) is 0 Å². The highest BCUT2D eigenvalue weighted by molar-refractivity contribution is 7.09. The van der Waals surface area contributed by atoms with Gasteiger partial charge in [-0.2, -0.15) is 0 Å². The third-order valence-corrected chi connectivity index (χ3v) is 4.38. The van der Waals surface area contributed by atoms with Crippen LogP contribution in [0.15, 0.2) is 17.5 Å². The molecule has 0 amide bonds. The van der Waals surface area contributed by atoms with E-state index in [4.69, 9.17) is 0 Å². The fraction of sp³-hybridized carbons (Fsp3) is 0.438. The molecular weight excluding hydrogens is 252 g/mol. The lowest BCUT2D eigenvalue weighted by Gasteiger charge is -2.18. The molecule has 0 saturated heterocycles. The van der Waals surface area contributed by atoms with Crippen LogP contribution >= 0.6 is 11.3 Å². The zero-order valence-corrected chi connectivity index (χ0v) is 13.2. The van der Waals surface area contributed by atoms with Gasteiger partial charge in [-0.05, 0) is 57.9 Å². The Morgan fingerprint density at radius 2 is 1.79 bits per heavy atom. The molecule has 0 radical (unpaired) electrons. The number of likely N-dealkylation sites (N-methyl/N-ethyl adjacent to an activating group) is 1. The molecule has 0 aliphatic carbocycles. The van der Waals surface area contributed by atoms with E-state index >= 15 is 0 Å². The van der Waals surface area contributed by atoms with E-state index in [2.05, 4.69) is 55.5 Å². The summed E-state index contributed by atoms with van der Waals surface area (Å²) in [6, 6.07) is 4.83. The summed E-state index contributed by atoms with van der Waals surface area (Å²) in [5.41, 5.74) is 6.69. The molecule has 0 aliphatic heterocycles. The smallest absolute Gasteiger partial charge is 0.0898 e. The molecule has 1 unspecified atom stereocenters. The Morgan fingerprint density at radius 3 is 2.26 bits per heavy atom. The molecule has 102 valence electrons. The number of rotatable bonds is 4. The van der Waals surface area contributed by atoms with Crippen LogP contribution < -0.4 is 5.32 Å². The minimum atomic E-state index is 0.296. The van der Waals surface area contributed by atoms with Crippen molar-refractivity contribution >= 4 is 11.3 Å². The summed E-state index contributed by atoms with van der Waals surface area (Å²) < 4.78 is 0. The summed E-state index contributed by atoms with van der Waals surface area (Å²) >= 11 is 1.72. The van der Waals surface area contributed by atoms with Crippen molar-refractivity contribution in [3.63, 3.8) is 0 Å². The highest BCUT2D eigenvalue weighted by atomic mass is 32.1. The van der Waals surface area contributed by atoms with Crippen molar-refractivity contribution < 1.29 is 0 Å². The van der Waals surface area contributed by atoms with Crippen LogP contribution in [0.25, 0.3) is 0 Å².